The standard InChI is InChI=1S/C15H20O3S/c1-12(2)13-8-10-15(11-9-13)19(16,17)18-14-6-4-3-5-7-14/h8-11,14H,1,3-7H2,2H3. The second-order valence-corrected chi connectivity index (χ2v) is 6.69. The van der Waals surface area contributed by atoms with Crippen LogP contribution in [0.25, 0.3) is 5.57 Å². The Balaban J connectivity index is 2.12. The fourth-order valence-corrected chi connectivity index (χ4v) is 3.43. The zero-order chi connectivity index (χ0) is 13.9. The molecular formula is C15H20O3S. The van der Waals surface area contributed by atoms with Crippen LogP contribution in [0.2, 0.25) is 0 Å². The highest BCUT2D eigenvalue weighted by Gasteiger charge is 2.23. The van der Waals surface area contributed by atoms with Crippen LogP contribution >= 0.6 is 0 Å². The Morgan fingerprint density at radius 2 is 1.74 bits per heavy atom. The van der Waals surface area contributed by atoms with Crippen molar-refractivity contribution in [2.75, 3.05) is 0 Å². The molecule has 0 bridgehead atoms. The predicted molar refractivity (Wildman–Crippen MR) is 76.3 cm³/mol. The molecular weight excluding hydrogens is 260 g/mol. The lowest BCUT2D eigenvalue weighted by molar-refractivity contribution is 0.162. The molecule has 0 atom stereocenters. The van der Waals surface area contributed by atoms with Crippen LogP contribution in [0.1, 0.15) is 44.6 Å². The fourth-order valence-electron chi connectivity index (χ4n) is 2.30. The van der Waals surface area contributed by atoms with Crippen molar-refractivity contribution in [2.24, 2.45) is 0 Å². The summed E-state index contributed by atoms with van der Waals surface area (Å²) in [6.45, 7) is 5.72. The Morgan fingerprint density at radius 3 is 2.26 bits per heavy atom. The van der Waals surface area contributed by atoms with Gasteiger partial charge in [-0.15, -0.1) is 0 Å². The van der Waals surface area contributed by atoms with Gasteiger partial charge < -0.3 is 0 Å². The molecule has 2 rings (SSSR count). The second kappa shape index (κ2) is 5.88. The van der Waals surface area contributed by atoms with Gasteiger partial charge >= 0.3 is 0 Å². The van der Waals surface area contributed by atoms with Crippen LogP contribution in [0.5, 0.6) is 0 Å². The number of allylic oxidation sites excluding steroid dienone is 1. The molecule has 1 saturated carbocycles. The fraction of sp³-hybridized carbons (Fsp3) is 0.467. The third-order valence-corrected chi connectivity index (χ3v) is 4.83. The first kappa shape index (κ1) is 14.3. The van der Waals surface area contributed by atoms with Crippen molar-refractivity contribution in [3.05, 3.63) is 36.4 Å². The van der Waals surface area contributed by atoms with Crippen molar-refractivity contribution in [2.45, 2.75) is 50.0 Å². The van der Waals surface area contributed by atoms with E-state index in [-0.39, 0.29) is 11.0 Å². The normalized spacial score (nSPS) is 17.3. The van der Waals surface area contributed by atoms with E-state index in [9.17, 15) is 8.42 Å². The Kier molecular flexibility index (Phi) is 4.42. The largest absolute Gasteiger partial charge is 0.297 e. The van der Waals surface area contributed by atoms with Gasteiger partial charge in [0.05, 0.1) is 11.0 Å². The molecule has 1 fully saturated rings. The van der Waals surface area contributed by atoms with Crippen molar-refractivity contribution in [1.29, 1.82) is 0 Å². The van der Waals surface area contributed by atoms with Gasteiger partial charge in [0.2, 0.25) is 0 Å². The summed E-state index contributed by atoms with van der Waals surface area (Å²) in [6, 6.07) is 6.70. The van der Waals surface area contributed by atoms with Crippen molar-refractivity contribution >= 4 is 15.7 Å². The van der Waals surface area contributed by atoms with Gasteiger partial charge in [0, 0.05) is 0 Å². The number of benzene rings is 1. The maximum absolute atomic E-state index is 12.1. The topological polar surface area (TPSA) is 43.4 Å². The molecule has 0 spiro atoms. The van der Waals surface area contributed by atoms with Gasteiger partial charge in [0.15, 0.2) is 0 Å². The summed E-state index contributed by atoms with van der Waals surface area (Å²) in [4.78, 5) is 0.225. The van der Waals surface area contributed by atoms with Crippen LogP contribution in [-0.2, 0) is 14.3 Å². The molecule has 3 nitrogen and oxygen atoms in total. The quantitative estimate of drug-likeness (QED) is 0.789. The Hall–Kier alpha value is -1.13. The van der Waals surface area contributed by atoms with E-state index < -0.39 is 10.1 Å². The first-order valence-corrected chi connectivity index (χ1v) is 8.09. The highest BCUT2D eigenvalue weighted by atomic mass is 32.2. The summed E-state index contributed by atoms with van der Waals surface area (Å²) < 4.78 is 29.6. The molecule has 0 aliphatic heterocycles. The third kappa shape index (κ3) is 3.67. The summed E-state index contributed by atoms with van der Waals surface area (Å²) in [7, 11) is -3.63. The Bertz CT molecular complexity index is 537. The van der Waals surface area contributed by atoms with Gasteiger partial charge in [0.25, 0.3) is 10.1 Å². The first-order chi connectivity index (χ1) is 8.99. The van der Waals surface area contributed by atoms with E-state index in [4.69, 9.17) is 4.18 Å². The number of hydrogen-bond acceptors (Lipinski definition) is 3. The molecule has 0 N–H and O–H groups in total. The summed E-state index contributed by atoms with van der Waals surface area (Å²) >= 11 is 0. The molecule has 0 aromatic heterocycles. The molecule has 19 heavy (non-hydrogen) atoms. The van der Waals surface area contributed by atoms with Crippen LogP contribution < -0.4 is 0 Å². The molecule has 1 aromatic rings. The van der Waals surface area contributed by atoms with Crippen LogP contribution in [-0.4, -0.2) is 14.5 Å². The highest BCUT2D eigenvalue weighted by Crippen LogP contribution is 2.25. The lowest BCUT2D eigenvalue weighted by Gasteiger charge is -2.21. The van der Waals surface area contributed by atoms with Crippen molar-refractivity contribution in [3.8, 4) is 0 Å². The molecule has 1 aliphatic carbocycles. The summed E-state index contributed by atoms with van der Waals surface area (Å²) in [5.74, 6) is 0. The minimum Gasteiger partial charge on any atom is -0.263 e. The summed E-state index contributed by atoms with van der Waals surface area (Å²) in [6.07, 6.45) is 4.79. The minimum atomic E-state index is -3.63. The maximum Gasteiger partial charge on any atom is 0.297 e. The van der Waals surface area contributed by atoms with E-state index in [1.807, 2.05) is 6.92 Å². The molecule has 0 unspecified atom stereocenters. The highest BCUT2D eigenvalue weighted by molar-refractivity contribution is 7.86. The van der Waals surface area contributed by atoms with E-state index in [1.54, 1.807) is 24.3 Å². The number of rotatable bonds is 4. The second-order valence-electron chi connectivity index (χ2n) is 5.12. The van der Waals surface area contributed by atoms with Gasteiger partial charge in [-0.25, -0.2) is 0 Å². The SMILES string of the molecule is C=C(C)c1ccc(S(=O)(=O)OC2CCCCC2)cc1. The molecule has 0 radical (unpaired) electrons. The molecule has 0 amide bonds. The minimum absolute atomic E-state index is 0.153. The average Bonchev–Trinajstić information content (AvgIpc) is 2.39. The lowest BCUT2D eigenvalue weighted by atomic mass is 9.98. The van der Waals surface area contributed by atoms with Crippen LogP contribution in [0, 0.1) is 0 Å². The maximum atomic E-state index is 12.1. The van der Waals surface area contributed by atoms with E-state index in [1.165, 1.54) is 6.42 Å². The van der Waals surface area contributed by atoms with E-state index in [0.29, 0.717) is 0 Å². The van der Waals surface area contributed by atoms with E-state index >= 15 is 0 Å². The molecule has 4 heteroatoms. The van der Waals surface area contributed by atoms with E-state index in [0.717, 1.165) is 36.8 Å². The Labute approximate surface area is 115 Å². The van der Waals surface area contributed by atoms with Crippen molar-refractivity contribution in [1.82, 2.24) is 0 Å². The van der Waals surface area contributed by atoms with Crippen LogP contribution in [0.15, 0.2) is 35.7 Å². The predicted octanol–water partition coefficient (Wildman–Crippen LogP) is 3.76. The van der Waals surface area contributed by atoms with Gasteiger partial charge in [-0.1, -0.05) is 43.5 Å². The molecule has 0 saturated heterocycles. The summed E-state index contributed by atoms with van der Waals surface area (Å²) in [5.41, 5.74) is 1.86. The first-order valence-electron chi connectivity index (χ1n) is 6.68. The Morgan fingerprint density at radius 1 is 1.16 bits per heavy atom. The van der Waals surface area contributed by atoms with Crippen LogP contribution in [0.3, 0.4) is 0 Å². The average molecular weight is 280 g/mol. The smallest absolute Gasteiger partial charge is 0.263 e. The zero-order valence-corrected chi connectivity index (χ0v) is 12.1. The zero-order valence-electron chi connectivity index (χ0n) is 11.3. The third-order valence-electron chi connectivity index (χ3n) is 3.45. The molecule has 104 valence electrons. The lowest BCUT2D eigenvalue weighted by Crippen LogP contribution is -2.21. The molecule has 1 aliphatic rings. The van der Waals surface area contributed by atoms with Gasteiger partial charge in [0.1, 0.15) is 0 Å². The van der Waals surface area contributed by atoms with Gasteiger partial charge in [-0.3, -0.25) is 4.18 Å². The monoisotopic (exact) mass is 280 g/mol. The van der Waals surface area contributed by atoms with Gasteiger partial charge in [-0.2, -0.15) is 8.42 Å². The van der Waals surface area contributed by atoms with Crippen molar-refractivity contribution < 1.29 is 12.6 Å². The van der Waals surface area contributed by atoms with Crippen LogP contribution in [0.4, 0.5) is 0 Å². The van der Waals surface area contributed by atoms with Crippen molar-refractivity contribution in [3.63, 3.8) is 0 Å². The summed E-state index contributed by atoms with van der Waals surface area (Å²) in [5, 5.41) is 0. The molecule has 1 aromatic carbocycles. The number of hydrogen-bond donors (Lipinski definition) is 0. The van der Waals surface area contributed by atoms with E-state index in [2.05, 4.69) is 6.58 Å². The van der Waals surface area contributed by atoms with Gasteiger partial charge in [-0.05, 0) is 37.5 Å². The molecule has 0 heterocycles.